The van der Waals surface area contributed by atoms with Crippen molar-refractivity contribution in [2.75, 3.05) is 23.7 Å². The molecule has 6 nitrogen and oxygen atoms in total. The molecule has 2 saturated heterocycles. The molecular formula is C15H20N4O2. The third-order valence-electron chi connectivity index (χ3n) is 3.97. The van der Waals surface area contributed by atoms with Gasteiger partial charge in [-0.05, 0) is 38.5 Å². The van der Waals surface area contributed by atoms with E-state index in [1.807, 2.05) is 32.9 Å². The minimum atomic E-state index is -0.0943. The molecule has 0 saturated carbocycles. The van der Waals surface area contributed by atoms with E-state index in [1.54, 1.807) is 15.9 Å². The van der Waals surface area contributed by atoms with Crippen LogP contribution in [0.25, 0.3) is 0 Å². The van der Waals surface area contributed by atoms with Crippen LogP contribution < -0.4 is 10.6 Å². The van der Waals surface area contributed by atoms with Crippen LogP contribution in [-0.4, -0.2) is 47.0 Å². The zero-order chi connectivity index (χ0) is 15.1. The maximum atomic E-state index is 12.0. The van der Waals surface area contributed by atoms with Crippen molar-refractivity contribution < 1.29 is 9.59 Å². The van der Waals surface area contributed by atoms with Gasteiger partial charge in [0.15, 0.2) is 0 Å². The van der Waals surface area contributed by atoms with Crippen LogP contribution in [0.4, 0.5) is 21.0 Å². The summed E-state index contributed by atoms with van der Waals surface area (Å²) in [7, 11) is 0. The van der Waals surface area contributed by atoms with E-state index in [1.165, 1.54) is 0 Å². The quantitative estimate of drug-likeness (QED) is 0.821. The van der Waals surface area contributed by atoms with E-state index in [0.717, 1.165) is 24.3 Å². The summed E-state index contributed by atoms with van der Waals surface area (Å²) in [6.07, 6.45) is 0. The van der Waals surface area contributed by atoms with Crippen molar-refractivity contribution in [3.63, 3.8) is 0 Å². The Balaban J connectivity index is 1.67. The molecule has 0 radical (unpaired) electrons. The summed E-state index contributed by atoms with van der Waals surface area (Å²) >= 11 is 0. The van der Waals surface area contributed by atoms with Gasteiger partial charge in [-0.2, -0.15) is 0 Å². The Morgan fingerprint density at radius 2 is 1.57 bits per heavy atom. The maximum Gasteiger partial charge on any atom is 0.322 e. The highest BCUT2D eigenvalue weighted by atomic mass is 16.2. The van der Waals surface area contributed by atoms with Gasteiger partial charge in [0, 0.05) is 36.5 Å². The lowest BCUT2D eigenvalue weighted by molar-refractivity contribution is 0.239. The largest absolute Gasteiger partial charge is 0.322 e. The van der Waals surface area contributed by atoms with Crippen molar-refractivity contribution in [1.82, 2.24) is 9.80 Å². The SMILES string of the molecule is Cc1ccc(NC(=O)N2C[C@H]2C)cc1NC(=O)N1C[C@@H]1C. The molecular weight excluding hydrogens is 268 g/mol. The zero-order valence-corrected chi connectivity index (χ0v) is 12.5. The van der Waals surface area contributed by atoms with Crippen LogP contribution in [0.2, 0.25) is 0 Å². The number of aryl methyl sites for hydroxylation is 1. The van der Waals surface area contributed by atoms with E-state index in [2.05, 4.69) is 10.6 Å². The second-order valence-electron chi connectivity index (χ2n) is 5.89. The monoisotopic (exact) mass is 288 g/mol. The minimum absolute atomic E-state index is 0.0892. The number of nitrogens with zero attached hydrogens (tertiary/aromatic N) is 2. The minimum Gasteiger partial charge on any atom is -0.318 e. The molecule has 21 heavy (non-hydrogen) atoms. The average molecular weight is 288 g/mol. The van der Waals surface area contributed by atoms with Crippen LogP contribution >= 0.6 is 0 Å². The summed E-state index contributed by atoms with van der Waals surface area (Å²) < 4.78 is 0. The lowest BCUT2D eigenvalue weighted by atomic mass is 10.2. The number of hydrogen-bond acceptors (Lipinski definition) is 2. The van der Waals surface area contributed by atoms with Gasteiger partial charge in [-0.25, -0.2) is 9.59 Å². The Labute approximate surface area is 124 Å². The molecule has 0 bridgehead atoms. The third-order valence-corrected chi connectivity index (χ3v) is 3.97. The molecule has 112 valence electrons. The van der Waals surface area contributed by atoms with Crippen LogP contribution in [0, 0.1) is 6.92 Å². The molecule has 2 fully saturated rings. The van der Waals surface area contributed by atoms with E-state index in [0.29, 0.717) is 17.8 Å². The first-order valence-corrected chi connectivity index (χ1v) is 7.21. The standard InChI is InChI=1S/C15H20N4O2/c1-9-4-5-12(16-14(20)18-7-10(18)2)6-13(9)17-15(21)19-8-11(19)3/h4-6,10-11H,7-8H2,1-3H3,(H,16,20)(H,17,21)/t10-,11+,18?,19?/m1/s1. The number of nitrogens with one attached hydrogen (secondary N) is 2. The second kappa shape index (κ2) is 4.95. The van der Waals surface area contributed by atoms with Crippen LogP contribution in [0.5, 0.6) is 0 Å². The van der Waals surface area contributed by atoms with E-state index < -0.39 is 0 Å². The van der Waals surface area contributed by atoms with Gasteiger partial charge in [0.25, 0.3) is 0 Å². The first-order valence-electron chi connectivity index (χ1n) is 7.21. The summed E-state index contributed by atoms with van der Waals surface area (Å²) in [6, 6.07) is 5.99. The van der Waals surface area contributed by atoms with Gasteiger partial charge in [-0.15, -0.1) is 0 Å². The normalized spacial score (nSPS) is 22.8. The predicted molar refractivity (Wildman–Crippen MR) is 81.6 cm³/mol. The van der Waals surface area contributed by atoms with E-state index in [-0.39, 0.29) is 12.1 Å². The summed E-state index contributed by atoms with van der Waals surface area (Å²) in [5, 5.41) is 5.74. The zero-order valence-electron chi connectivity index (χ0n) is 12.5. The first kappa shape index (κ1) is 13.7. The van der Waals surface area contributed by atoms with Gasteiger partial charge in [0.2, 0.25) is 0 Å². The Morgan fingerprint density at radius 3 is 2.10 bits per heavy atom. The van der Waals surface area contributed by atoms with Crippen molar-refractivity contribution in [3.8, 4) is 0 Å². The highest BCUT2D eigenvalue weighted by molar-refractivity contribution is 5.95. The van der Waals surface area contributed by atoms with Crippen molar-refractivity contribution in [2.45, 2.75) is 32.9 Å². The van der Waals surface area contributed by atoms with Crippen molar-refractivity contribution in [1.29, 1.82) is 0 Å². The summed E-state index contributed by atoms with van der Waals surface area (Å²) in [5.41, 5.74) is 2.39. The molecule has 2 N–H and O–H groups in total. The number of benzene rings is 1. The smallest absolute Gasteiger partial charge is 0.318 e. The fourth-order valence-electron chi connectivity index (χ4n) is 2.26. The number of rotatable bonds is 2. The molecule has 6 heteroatoms. The molecule has 0 unspecified atom stereocenters. The van der Waals surface area contributed by atoms with E-state index in [4.69, 9.17) is 0 Å². The number of anilines is 2. The van der Waals surface area contributed by atoms with Gasteiger partial charge < -0.3 is 20.4 Å². The van der Waals surface area contributed by atoms with Crippen LogP contribution in [0.3, 0.4) is 0 Å². The van der Waals surface area contributed by atoms with Gasteiger partial charge in [0.05, 0.1) is 0 Å². The van der Waals surface area contributed by atoms with Gasteiger partial charge in [-0.1, -0.05) is 6.07 Å². The lowest BCUT2D eigenvalue weighted by Crippen LogP contribution is -2.22. The molecule has 2 aliphatic rings. The average Bonchev–Trinajstić information content (AvgIpc) is 3.32. The van der Waals surface area contributed by atoms with Gasteiger partial charge in [0.1, 0.15) is 0 Å². The van der Waals surface area contributed by atoms with E-state index >= 15 is 0 Å². The Morgan fingerprint density at radius 1 is 1.05 bits per heavy atom. The van der Waals surface area contributed by atoms with E-state index in [9.17, 15) is 9.59 Å². The second-order valence-corrected chi connectivity index (χ2v) is 5.89. The Bertz CT molecular complexity index is 601. The fraction of sp³-hybridized carbons (Fsp3) is 0.467. The van der Waals surface area contributed by atoms with Crippen molar-refractivity contribution >= 4 is 23.4 Å². The molecule has 4 amide bonds. The highest BCUT2D eigenvalue weighted by Gasteiger charge is 2.35. The summed E-state index contributed by atoms with van der Waals surface area (Å²) in [5.74, 6) is 0. The Kier molecular flexibility index (Phi) is 3.23. The summed E-state index contributed by atoms with van der Waals surface area (Å²) in [4.78, 5) is 27.3. The molecule has 2 atom stereocenters. The third kappa shape index (κ3) is 2.94. The molecule has 1 aromatic carbocycles. The van der Waals surface area contributed by atoms with Crippen molar-refractivity contribution in [2.24, 2.45) is 0 Å². The van der Waals surface area contributed by atoms with Crippen LogP contribution in [-0.2, 0) is 0 Å². The number of amides is 4. The molecule has 2 aliphatic heterocycles. The maximum absolute atomic E-state index is 12.0. The van der Waals surface area contributed by atoms with Gasteiger partial charge >= 0.3 is 12.1 Å². The fourth-order valence-corrected chi connectivity index (χ4v) is 2.26. The lowest BCUT2D eigenvalue weighted by Gasteiger charge is -2.12. The van der Waals surface area contributed by atoms with Crippen LogP contribution in [0.1, 0.15) is 19.4 Å². The number of carbonyl (C=O) groups excluding carboxylic acids is 2. The Hall–Kier alpha value is -2.24. The molecule has 1 aromatic rings. The molecule has 3 rings (SSSR count). The molecule has 2 heterocycles. The number of carbonyl (C=O) groups is 2. The molecule has 0 aliphatic carbocycles. The number of urea groups is 2. The van der Waals surface area contributed by atoms with Gasteiger partial charge in [-0.3, -0.25) is 0 Å². The first-order chi connectivity index (χ1) is 9.95. The highest BCUT2D eigenvalue weighted by Crippen LogP contribution is 2.25. The topological polar surface area (TPSA) is 64.2 Å². The summed E-state index contributed by atoms with van der Waals surface area (Å²) in [6.45, 7) is 7.54. The molecule has 0 aromatic heterocycles. The van der Waals surface area contributed by atoms with Crippen molar-refractivity contribution in [3.05, 3.63) is 23.8 Å². The molecule has 0 spiro atoms. The van der Waals surface area contributed by atoms with Crippen LogP contribution in [0.15, 0.2) is 18.2 Å². The predicted octanol–water partition coefficient (Wildman–Crippen LogP) is 2.47. The number of hydrogen-bond donors (Lipinski definition) is 2.